The summed E-state index contributed by atoms with van der Waals surface area (Å²) in [4.78, 5) is 8.77. The monoisotopic (exact) mass is 267 g/mol. The van der Waals surface area contributed by atoms with Gasteiger partial charge < -0.3 is 5.32 Å². The Balaban J connectivity index is 2.31. The molecule has 0 bridgehead atoms. The molecular formula is C12H14ClN3S. The van der Waals surface area contributed by atoms with Crippen molar-refractivity contribution < 1.29 is 0 Å². The summed E-state index contributed by atoms with van der Waals surface area (Å²) in [5, 5.41) is 7.85. The third kappa shape index (κ3) is 2.96. The van der Waals surface area contributed by atoms with Crippen LogP contribution >= 0.6 is 22.9 Å². The highest BCUT2D eigenvalue weighted by molar-refractivity contribution is 7.08. The SMILES string of the molecule is CCCc1nc(Cl)c(C)c(Nc2ccsc2)n1. The number of rotatable bonds is 4. The quantitative estimate of drug-likeness (QED) is 0.844. The molecule has 0 saturated heterocycles. The van der Waals surface area contributed by atoms with Crippen molar-refractivity contribution in [2.75, 3.05) is 5.32 Å². The van der Waals surface area contributed by atoms with E-state index < -0.39 is 0 Å². The van der Waals surface area contributed by atoms with E-state index >= 15 is 0 Å². The molecule has 0 unspecified atom stereocenters. The molecule has 90 valence electrons. The number of nitrogens with zero attached hydrogens (tertiary/aromatic N) is 2. The van der Waals surface area contributed by atoms with Crippen LogP contribution in [0, 0.1) is 6.92 Å². The molecule has 2 heterocycles. The second-order valence-corrected chi connectivity index (χ2v) is 4.93. The minimum absolute atomic E-state index is 0.529. The van der Waals surface area contributed by atoms with Crippen molar-refractivity contribution in [2.24, 2.45) is 0 Å². The standard InChI is InChI=1S/C12H14ClN3S/c1-3-4-10-15-11(13)8(2)12(16-10)14-9-5-6-17-7-9/h5-7H,3-4H2,1-2H3,(H,14,15,16). The van der Waals surface area contributed by atoms with Crippen LogP contribution in [0.4, 0.5) is 11.5 Å². The average Bonchev–Trinajstić information content (AvgIpc) is 2.78. The van der Waals surface area contributed by atoms with Crippen molar-refractivity contribution in [3.63, 3.8) is 0 Å². The molecule has 17 heavy (non-hydrogen) atoms. The fraction of sp³-hybridized carbons (Fsp3) is 0.333. The van der Waals surface area contributed by atoms with E-state index in [-0.39, 0.29) is 0 Å². The molecule has 0 saturated carbocycles. The van der Waals surface area contributed by atoms with Gasteiger partial charge in [0.25, 0.3) is 0 Å². The molecule has 3 nitrogen and oxygen atoms in total. The lowest BCUT2D eigenvalue weighted by Gasteiger charge is -2.09. The average molecular weight is 268 g/mol. The topological polar surface area (TPSA) is 37.8 Å². The van der Waals surface area contributed by atoms with Crippen molar-refractivity contribution in [1.29, 1.82) is 0 Å². The number of aromatic nitrogens is 2. The molecule has 0 aliphatic carbocycles. The minimum Gasteiger partial charge on any atom is -0.339 e. The lowest BCUT2D eigenvalue weighted by Crippen LogP contribution is -2.03. The van der Waals surface area contributed by atoms with Gasteiger partial charge in [0.15, 0.2) is 0 Å². The molecule has 0 atom stereocenters. The molecule has 2 aromatic rings. The Kier molecular flexibility index (Phi) is 3.97. The van der Waals surface area contributed by atoms with E-state index in [1.54, 1.807) is 11.3 Å². The number of hydrogen-bond donors (Lipinski definition) is 1. The molecule has 0 aromatic carbocycles. The molecule has 5 heteroatoms. The summed E-state index contributed by atoms with van der Waals surface area (Å²) in [6, 6.07) is 2.01. The largest absolute Gasteiger partial charge is 0.339 e. The predicted octanol–water partition coefficient (Wildman–Crippen LogP) is 4.20. The maximum absolute atomic E-state index is 6.11. The minimum atomic E-state index is 0.529. The summed E-state index contributed by atoms with van der Waals surface area (Å²) in [5.74, 6) is 1.59. The third-order valence-corrected chi connectivity index (χ3v) is 3.44. The van der Waals surface area contributed by atoms with Crippen LogP contribution in [0.2, 0.25) is 5.15 Å². The molecule has 0 radical (unpaired) electrons. The van der Waals surface area contributed by atoms with E-state index in [1.807, 2.05) is 23.8 Å². The van der Waals surface area contributed by atoms with Crippen LogP contribution < -0.4 is 5.32 Å². The van der Waals surface area contributed by atoms with Crippen LogP contribution in [-0.2, 0) is 6.42 Å². The molecule has 2 rings (SSSR count). The second-order valence-electron chi connectivity index (χ2n) is 3.79. The smallest absolute Gasteiger partial charge is 0.138 e. The summed E-state index contributed by atoms with van der Waals surface area (Å²) >= 11 is 7.75. The van der Waals surface area contributed by atoms with Gasteiger partial charge in [-0.05, 0) is 24.8 Å². The first-order valence-electron chi connectivity index (χ1n) is 5.53. The van der Waals surface area contributed by atoms with Gasteiger partial charge in [0.05, 0.1) is 5.69 Å². The van der Waals surface area contributed by atoms with Gasteiger partial charge in [-0.15, -0.1) is 0 Å². The van der Waals surface area contributed by atoms with Gasteiger partial charge in [-0.2, -0.15) is 11.3 Å². The first kappa shape index (κ1) is 12.3. The Hall–Kier alpha value is -1.13. The first-order chi connectivity index (χ1) is 8.20. The number of thiophene rings is 1. The Morgan fingerprint density at radius 2 is 2.24 bits per heavy atom. The number of aryl methyl sites for hydroxylation is 1. The van der Waals surface area contributed by atoms with E-state index in [1.165, 1.54) is 0 Å². The highest BCUT2D eigenvalue weighted by Crippen LogP contribution is 2.24. The van der Waals surface area contributed by atoms with Crippen LogP contribution in [0.1, 0.15) is 24.7 Å². The lowest BCUT2D eigenvalue weighted by molar-refractivity contribution is 0.833. The van der Waals surface area contributed by atoms with Crippen LogP contribution in [0.15, 0.2) is 16.8 Å². The van der Waals surface area contributed by atoms with Gasteiger partial charge in [-0.3, -0.25) is 0 Å². The molecule has 0 fully saturated rings. The van der Waals surface area contributed by atoms with Crippen molar-refractivity contribution in [1.82, 2.24) is 9.97 Å². The number of halogens is 1. The molecule has 0 spiro atoms. The zero-order valence-corrected chi connectivity index (χ0v) is 11.4. The molecule has 2 aromatic heterocycles. The highest BCUT2D eigenvalue weighted by Gasteiger charge is 2.09. The van der Waals surface area contributed by atoms with Gasteiger partial charge in [0, 0.05) is 17.4 Å². The fourth-order valence-corrected chi connectivity index (χ4v) is 2.24. The van der Waals surface area contributed by atoms with Gasteiger partial charge in [0.1, 0.15) is 16.8 Å². The second kappa shape index (κ2) is 5.47. The van der Waals surface area contributed by atoms with Crippen molar-refractivity contribution in [3.8, 4) is 0 Å². The molecule has 0 aliphatic heterocycles. The van der Waals surface area contributed by atoms with E-state index in [9.17, 15) is 0 Å². The number of anilines is 2. The summed E-state index contributed by atoms with van der Waals surface area (Å²) in [6.07, 6.45) is 1.86. The van der Waals surface area contributed by atoms with Crippen molar-refractivity contribution in [2.45, 2.75) is 26.7 Å². The molecular weight excluding hydrogens is 254 g/mol. The van der Waals surface area contributed by atoms with Crippen molar-refractivity contribution >= 4 is 34.4 Å². The summed E-state index contributed by atoms with van der Waals surface area (Å²) in [5.41, 5.74) is 1.92. The zero-order valence-electron chi connectivity index (χ0n) is 9.83. The Bertz CT molecular complexity index is 497. The van der Waals surface area contributed by atoms with E-state index in [4.69, 9.17) is 11.6 Å². The number of hydrogen-bond acceptors (Lipinski definition) is 4. The Morgan fingerprint density at radius 3 is 2.88 bits per heavy atom. The van der Waals surface area contributed by atoms with E-state index in [0.29, 0.717) is 5.15 Å². The first-order valence-corrected chi connectivity index (χ1v) is 6.85. The summed E-state index contributed by atoms with van der Waals surface area (Å²) < 4.78 is 0. The molecule has 1 N–H and O–H groups in total. The Morgan fingerprint density at radius 1 is 1.41 bits per heavy atom. The molecule has 0 amide bonds. The summed E-state index contributed by atoms with van der Waals surface area (Å²) in [6.45, 7) is 4.02. The van der Waals surface area contributed by atoms with Gasteiger partial charge in [0.2, 0.25) is 0 Å². The van der Waals surface area contributed by atoms with Crippen LogP contribution in [-0.4, -0.2) is 9.97 Å². The Labute approximate surface area is 110 Å². The fourth-order valence-electron chi connectivity index (χ4n) is 1.46. The number of nitrogens with one attached hydrogen (secondary N) is 1. The van der Waals surface area contributed by atoms with Gasteiger partial charge in [-0.25, -0.2) is 9.97 Å². The van der Waals surface area contributed by atoms with Gasteiger partial charge >= 0.3 is 0 Å². The predicted molar refractivity (Wildman–Crippen MR) is 73.4 cm³/mol. The van der Waals surface area contributed by atoms with E-state index in [2.05, 4.69) is 22.2 Å². The normalized spacial score (nSPS) is 10.5. The van der Waals surface area contributed by atoms with Crippen LogP contribution in [0.5, 0.6) is 0 Å². The van der Waals surface area contributed by atoms with Crippen LogP contribution in [0.25, 0.3) is 0 Å². The zero-order chi connectivity index (χ0) is 12.3. The third-order valence-electron chi connectivity index (χ3n) is 2.39. The van der Waals surface area contributed by atoms with Gasteiger partial charge in [-0.1, -0.05) is 18.5 Å². The van der Waals surface area contributed by atoms with Crippen LogP contribution in [0.3, 0.4) is 0 Å². The molecule has 0 aliphatic rings. The summed E-state index contributed by atoms with van der Waals surface area (Å²) in [7, 11) is 0. The van der Waals surface area contributed by atoms with Crippen molar-refractivity contribution in [3.05, 3.63) is 33.4 Å². The highest BCUT2D eigenvalue weighted by atomic mass is 35.5. The van der Waals surface area contributed by atoms with E-state index in [0.717, 1.165) is 35.7 Å². The maximum atomic E-state index is 6.11. The lowest BCUT2D eigenvalue weighted by atomic mass is 10.3. The maximum Gasteiger partial charge on any atom is 0.138 e.